The molecule has 0 radical (unpaired) electrons. The molecule has 2 aromatic carbocycles. The summed E-state index contributed by atoms with van der Waals surface area (Å²) >= 11 is 0. The number of hydrogen-bond acceptors (Lipinski definition) is 2. The van der Waals surface area contributed by atoms with Crippen LogP contribution in [0.1, 0.15) is 55.6 Å². The first kappa shape index (κ1) is 21.9. The maximum Gasteiger partial charge on any atom is 0.00898 e. The van der Waals surface area contributed by atoms with Crippen LogP contribution in [0, 0.1) is 0 Å². The highest BCUT2D eigenvalue weighted by Gasteiger charge is 2.13. The Hall–Kier alpha value is -1.35. The van der Waals surface area contributed by atoms with Gasteiger partial charge in [-0.1, -0.05) is 67.1 Å². The smallest absolute Gasteiger partial charge is 0.00898 e. The van der Waals surface area contributed by atoms with Gasteiger partial charge in [-0.25, -0.2) is 0 Å². The van der Waals surface area contributed by atoms with Crippen molar-refractivity contribution < 1.29 is 0 Å². The number of halogens is 1. The lowest BCUT2D eigenvalue weighted by Gasteiger charge is -2.26. The van der Waals surface area contributed by atoms with Crippen molar-refractivity contribution in [3.63, 3.8) is 0 Å². The molecule has 0 bridgehead atoms. The molecule has 0 aromatic heterocycles. The van der Waals surface area contributed by atoms with Crippen molar-refractivity contribution in [1.82, 2.24) is 10.2 Å². The third-order valence-corrected chi connectivity index (χ3v) is 5.53. The molecule has 0 amide bonds. The molecule has 3 rings (SSSR count). The maximum absolute atomic E-state index is 3.66. The van der Waals surface area contributed by atoms with Gasteiger partial charge in [0, 0.05) is 5.92 Å². The van der Waals surface area contributed by atoms with Crippen LogP contribution in [0.3, 0.4) is 0 Å². The first-order valence-electron chi connectivity index (χ1n) is 10.5. The summed E-state index contributed by atoms with van der Waals surface area (Å²) in [7, 11) is 0. The van der Waals surface area contributed by atoms with Crippen molar-refractivity contribution in [3.8, 4) is 0 Å². The molecule has 27 heavy (non-hydrogen) atoms. The number of nitrogens with zero attached hydrogens (tertiary/aromatic N) is 1. The van der Waals surface area contributed by atoms with E-state index in [0.717, 1.165) is 13.1 Å². The maximum atomic E-state index is 3.66. The molecule has 3 heteroatoms. The molecule has 1 aliphatic rings. The van der Waals surface area contributed by atoms with Crippen molar-refractivity contribution in [3.05, 3.63) is 71.8 Å². The molecule has 0 atom stereocenters. The Kier molecular flexibility index (Phi) is 10.5. The summed E-state index contributed by atoms with van der Waals surface area (Å²) in [5, 5.41) is 3.66. The van der Waals surface area contributed by atoms with E-state index >= 15 is 0 Å². The van der Waals surface area contributed by atoms with E-state index in [9.17, 15) is 0 Å². The van der Waals surface area contributed by atoms with Gasteiger partial charge in [0.1, 0.15) is 0 Å². The van der Waals surface area contributed by atoms with Crippen molar-refractivity contribution in [1.29, 1.82) is 0 Å². The van der Waals surface area contributed by atoms with Gasteiger partial charge in [-0.3, -0.25) is 0 Å². The standard InChI is InChI=1S/C24H34N2.ClH/c1-4-12-22(13-5-1)24(23-14-6-2-7-15-23)16-10-17-25-18-11-21-26-19-8-3-9-20-26;/h1-2,4-7,12-15,24-25H,3,8-11,16-21H2;1H. The molecule has 0 saturated carbocycles. The highest BCUT2D eigenvalue weighted by atomic mass is 35.5. The van der Waals surface area contributed by atoms with E-state index in [2.05, 4.69) is 70.9 Å². The average molecular weight is 387 g/mol. The van der Waals surface area contributed by atoms with Gasteiger partial charge < -0.3 is 10.2 Å². The van der Waals surface area contributed by atoms with Crippen LogP contribution in [0.15, 0.2) is 60.7 Å². The van der Waals surface area contributed by atoms with Gasteiger partial charge in [0.05, 0.1) is 0 Å². The highest BCUT2D eigenvalue weighted by molar-refractivity contribution is 5.85. The van der Waals surface area contributed by atoms with E-state index in [1.165, 1.54) is 69.3 Å². The molecule has 0 unspecified atom stereocenters. The fourth-order valence-electron chi connectivity index (χ4n) is 4.06. The second-order valence-corrected chi connectivity index (χ2v) is 7.52. The predicted octanol–water partition coefficient (Wildman–Crippen LogP) is 5.49. The summed E-state index contributed by atoms with van der Waals surface area (Å²) in [6.07, 6.45) is 7.92. The van der Waals surface area contributed by atoms with Crippen LogP contribution in [0.25, 0.3) is 0 Å². The minimum absolute atomic E-state index is 0. The van der Waals surface area contributed by atoms with E-state index in [0.29, 0.717) is 5.92 Å². The van der Waals surface area contributed by atoms with Crippen molar-refractivity contribution >= 4 is 12.4 Å². The molecule has 0 spiro atoms. The zero-order valence-electron chi connectivity index (χ0n) is 16.5. The summed E-state index contributed by atoms with van der Waals surface area (Å²) < 4.78 is 0. The van der Waals surface area contributed by atoms with E-state index in [1.807, 2.05) is 0 Å². The topological polar surface area (TPSA) is 15.3 Å². The molecule has 1 heterocycles. The zero-order chi connectivity index (χ0) is 17.9. The van der Waals surface area contributed by atoms with Gasteiger partial charge in [-0.2, -0.15) is 0 Å². The fraction of sp³-hybridized carbons (Fsp3) is 0.500. The molecule has 148 valence electrons. The van der Waals surface area contributed by atoms with Crippen LogP contribution in [0.2, 0.25) is 0 Å². The summed E-state index contributed by atoms with van der Waals surface area (Å²) in [6, 6.07) is 21.9. The van der Waals surface area contributed by atoms with Crippen LogP contribution in [0.5, 0.6) is 0 Å². The van der Waals surface area contributed by atoms with Crippen molar-refractivity contribution in [2.75, 3.05) is 32.7 Å². The molecular weight excluding hydrogens is 352 g/mol. The summed E-state index contributed by atoms with van der Waals surface area (Å²) in [4.78, 5) is 2.63. The number of nitrogens with one attached hydrogen (secondary N) is 1. The molecule has 1 fully saturated rings. The molecule has 1 N–H and O–H groups in total. The van der Waals surface area contributed by atoms with Crippen LogP contribution in [0.4, 0.5) is 0 Å². The Bertz CT molecular complexity index is 557. The Morgan fingerprint density at radius 2 is 1.30 bits per heavy atom. The van der Waals surface area contributed by atoms with E-state index in [4.69, 9.17) is 0 Å². The normalized spacial score (nSPS) is 14.9. The zero-order valence-corrected chi connectivity index (χ0v) is 17.3. The third-order valence-electron chi connectivity index (χ3n) is 5.53. The van der Waals surface area contributed by atoms with Crippen molar-refractivity contribution in [2.24, 2.45) is 0 Å². The molecule has 1 aliphatic heterocycles. The lowest BCUT2D eigenvalue weighted by molar-refractivity contribution is 0.226. The van der Waals surface area contributed by atoms with Crippen LogP contribution >= 0.6 is 12.4 Å². The Balaban J connectivity index is 0.00000261. The van der Waals surface area contributed by atoms with Gasteiger partial charge in [-0.15, -0.1) is 12.4 Å². The van der Waals surface area contributed by atoms with Gasteiger partial charge in [0.15, 0.2) is 0 Å². The molecule has 1 saturated heterocycles. The highest BCUT2D eigenvalue weighted by Crippen LogP contribution is 2.28. The third kappa shape index (κ3) is 7.65. The molecule has 0 aliphatic carbocycles. The van der Waals surface area contributed by atoms with Gasteiger partial charge >= 0.3 is 0 Å². The summed E-state index contributed by atoms with van der Waals surface area (Å²) in [5.41, 5.74) is 2.87. The first-order valence-corrected chi connectivity index (χ1v) is 10.5. The SMILES string of the molecule is Cl.c1ccc(C(CCCNCCCN2CCCCC2)c2ccccc2)cc1. The summed E-state index contributed by atoms with van der Waals surface area (Å²) in [5.74, 6) is 0.507. The molecule has 2 aromatic rings. The average Bonchev–Trinajstić information content (AvgIpc) is 2.72. The van der Waals surface area contributed by atoms with Gasteiger partial charge in [0.25, 0.3) is 0 Å². The first-order chi connectivity index (χ1) is 12.9. The monoisotopic (exact) mass is 386 g/mol. The minimum atomic E-state index is 0. The largest absolute Gasteiger partial charge is 0.317 e. The molecular formula is C24H35ClN2. The van der Waals surface area contributed by atoms with Crippen LogP contribution in [-0.2, 0) is 0 Å². The Morgan fingerprint density at radius 1 is 0.741 bits per heavy atom. The number of likely N-dealkylation sites (tertiary alicyclic amines) is 1. The van der Waals surface area contributed by atoms with Gasteiger partial charge in [0.2, 0.25) is 0 Å². The minimum Gasteiger partial charge on any atom is -0.317 e. The predicted molar refractivity (Wildman–Crippen MR) is 119 cm³/mol. The number of piperidine rings is 1. The Morgan fingerprint density at radius 3 is 1.89 bits per heavy atom. The van der Waals surface area contributed by atoms with E-state index in [-0.39, 0.29) is 12.4 Å². The second-order valence-electron chi connectivity index (χ2n) is 7.52. The quantitative estimate of drug-likeness (QED) is 0.543. The number of rotatable bonds is 10. The number of benzene rings is 2. The van der Waals surface area contributed by atoms with E-state index in [1.54, 1.807) is 0 Å². The summed E-state index contributed by atoms with van der Waals surface area (Å²) in [6.45, 7) is 6.17. The van der Waals surface area contributed by atoms with E-state index < -0.39 is 0 Å². The molecule has 2 nitrogen and oxygen atoms in total. The Labute approximate surface area is 171 Å². The second kappa shape index (κ2) is 12.9. The van der Waals surface area contributed by atoms with Crippen LogP contribution < -0.4 is 5.32 Å². The van der Waals surface area contributed by atoms with Crippen LogP contribution in [-0.4, -0.2) is 37.6 Å². The van der Waals surface area contributed by atoms with Crippen molar-refractivity contribution in [2.45, 2.75) is 44.4 Å². The fourth-order valence-corrected chi connectivity index (χ4v) is 4.06. The number of hydrogen-bond donors (Lipinski definition) is 1. The lowest BCUT2D eigenvalue weighted by atomic mass is 9.87. The lowest BCUT2D eigenvalue weighted by Crippen LogP contribution is -2.32. The van der Waals surface area contributed by atoms with Gasteiger partial charge in [-0.05, 0) is 76.0 Å².